The van der Waals surface area contributed by atoms with E-state index < -0.39 is 0 Å². The molecule has 2 heteroatoms. The molecule has 1 aromatic rings. The second-order valence-corrected chi connectivity index (χ2v) is 2.75. The number of benzene rings is 1. The number of hydrogen-bond acceptors (Lipinski definition) is 2. The molecule has 0 saturated heterocycles. The largest absolute Gasteiger partial charge is 0.400 e. The van der Waals surface area contributed by atoms with Crippen LogP contribution in [0.2, 0.25) is 0 Å². The summed E-state index contributed by atoms with van der Waals surface area (Å²) in [6.07, 6.45) is 1.93. The Morgan fingerprint density at radius 1 is 1.18 bits per heavy atom. The van der Waals surface area contributed by atoms with E-state index in [-0.39, 0.29) is 6.04 Å². The molecule has 0 aromatic heterocycles. The van der Waals surface area contributed by atoms with E-state index in [9.17, 15) is 0 Å². The van der Waals surface area contributed by atoms with Crippen LogP contribution >= 0.6 is 0 Å². The van der Waals surface area contributed by atoms with Crippen molar-refractivity contribution in [3.63, 3.8) is 0 Å². The summed E-state index contributed by atoms with van der Waals surface area (Å²) in [5.74, 6) is 0. The predicted molar refractivity (Wildman–Crippen MR) is 45.5 cm³/mol. The average molecular weight is 146 g/mol. The van der Waals surface area contributed by atoms with Gasteiger partial charge in [-0.2, -0.15) is 0 Å². The molecule has 1 aromatic carbocycles. The SMILES string of the molecule is NC1=Cc2ccccc2C1N. The lowest BCUT2D eigenvalue weighted by molar-refractivity contribution is 0.857. The summed E-state index contributed by atoms with van der Waals surface area (Å²) >= 11 is 0. The molecule has 4 N–H and O–H groups in total. The molecule has 2 nitrogen and oxygen atoms in total. The quantitative estimate of drug-likeness (QED) is 0.573. The molecular weight excluding hydrogens is 136 g/mol. The zero-order valence-corrected chi connectivity index (χ0v) is 6.12. The van der Waals surface area contributed by atoms with Gasteiger partial charge in [0, 0.05) is 5.70 Å². The Balaban J connectivity index is 2.58. The van der Waals surface area contributed by atoms with Crippen molar-refractivity contribution in [2.24, 2.45) is 11.5 Å². The fourth-order valence-corrected chi connectivity index (χ4v) is 1.37. The summed E-state index contributed by atoms with van der Waals surface area (Å²) in [6.45, 7) is 0. The molecule has 1 unspecified atom stereocenters. The Kier molecular flexibility index (Phi) is 1.23. The Morgan fingerprint density at radius 3 is 2.64 bits per heavy atom. The molecule has 0 bridgehead atoms. The normalized spacial score (nSPS) is 21.2. The fourth-order valence-electron chi connectivity index (χ4n) is 1.37. The second-order valence-electron chi connectivity index (χ2n) is 2.75. The van der Waals surface area contributed by atoms with E-state index in [0.29, 0.717) is 0 Å². The van der Waals surface area contributed by atoms with Gasteiger partial charge in [-0.1, -0.05) is 24.3 Å². The summed E-state index contributed by atoms with van der Waals surface area (Å²) < 4.78 is 0. The van der Waals surface area contributed by atoms with Crippen LogP contribution in [-0.2, 0) is 0 Å². The van der Waals surface area contributed by atoms with Gasteiger partial charge in [0.05, 0.1) is 6.04 Å². The first-order valence-electron chi connectivity index (χ1n) is 3.60. The van der Waals surface area contributed by atoms with E-state index in [4.69, 9.17) is 11.5 Å². The molecule has 0 aliphatic heterocycles. The van der Waals surface area contributed by atoms with Crippen molar-refractivity contribution in [2.45, 2.75) is 6.04 Å². The van der Waals surface area contributed by atoms with Gasteiger partial charge in [-0.25, -0.2) is 0 Å². The topological polar surface area (TPSA) is 52.0 Å². The third-order valence-electron chi connectivity index (χ3n) is 2.01. The van der Waals surface area contributed by atoms with Crippen molar-refractivity contribution < 1.29 is 0 Å². The van der Waals surface area contributed by atoms with E-state index in [1.165, 1.54) is 0 Å². The lowest BCUT2D eigenvalue weighted by Crippen LogP contribution is -2.14. The number of rotatable bonds is 0. The van der Waals surface area contributed by atoms with Crippen molar-refractivity contribution in [2.75, 3.05) is 0 Å². The third kappa shape index (κ3) is 0.835. The number of hydrogen-bond donors (Lipinski definition) is 2. The van der Waals surface area contributed by atoms with Crippen LogP contribution in [0, 0.1) is 0 Å². The lowest BCUT2D eigenvalue weighted by Gasteiger charge is -2.05. The maximum Gasteiger partial charge on any atom is 0.0704 e. The number of fused-ring (bicyclic) bond motifs is 1. The maximum absolute atomic E-state index is 5.80. The van der Waals surface area contributed by atoms with E-state index in [0.717, 1.165) is 16.8 Å². The summed E-state index contributed by atoms with van der Waals surface area (Å²) in [5, 5.41) is 0. The Labute approximate surface area is 65.5 Å². The molecule has 0 heterocycles. The minimum Gasteiger partial charge on any atom is -0.400 e. The highest BCUT2D eigenvalue weighted by molar-refractivity contribution is 5.64. The van der Waals surface area contributed by atoms with Crippen molar-refractivity contribution >= 4 is 6.08 Å². The van der Waals surface area contributed by atoms with Gasteiger partial charge in [0.15, 0.2) is 0 Å². The van der Waals surface area contributed by atoms with E-state index in [1.54, 1.807) is 0 Å². The van der Waals surface area contributed by atoms with E-state index in [2.05, 4.69) is 0 Å². The van der Waals surface area contributed by atoms with Crippen LogP contribution in [0.3, 0.4) is 0 Å². The fraction of sp³-hybridized carbons (Fsp3) is 0.111. The summed E-state index contributed by atoms with van der Waals surface area (Å²) in [4.78, 5) is 0. The van der Waals surface area contributed by atoms with Crippen molar-refractivity contribution in [1.82, 2.24) is 0 Å². The van der Waals surface area contributed by atoms with Crippen LogP contribution < -0.4 is 11.5 Å². The number of nitrogens with two attached hydrogens (primary N) is 2. The summed E-state index contributed by atoms with van der Waals surface area (Å²) in [5.41, 5.74) is 14.5. The van der Waals surface area contributed by atoms with Crippen molar-refractivity contribution in [3.05, 3.63) is 41.1 Å². The molecule has 0 amide bonds. The van der Waals surface area contributed by atoms with E-state index in [1.807, 2.05) is 30.3 Å². The van der Waals surface area contributed by atoms with Crippen LogP contribution in [0.5, 0.6) is 0 Å². The van der Waals surface area contributed by atoms with Crippen LogP contribution in [0.15, 0.2) is 30.0 Å². The van der Waals surface area contributed by atoms with Gasteiger partial charge in [-0.15, -0.1) is 0 Å². The summed E-state index contributed by atoms with van der Waals surface area (Å²) in [6, 6.07) is 7.91. The molecule has 2 rings (SSSR count). The van der Waals surface area contributed by atoms with Gasteiger partial charge in [0.1, 0.15) is 0 Å². The highest BCUT2D eigenvalue weighted by Crippen LogP contribution is 2.28. The van der Waals surface area contributed by atoms with Crippen LogP contribution in [-0.4, -0.2) is 0 Å². The molecule has 0 saturated carbocycles. The first-order valence-corrected chi connectivity index (χ1v) is 3.60. The van der Waals surface area contributed by atoms with Gasteiger partial charge in [0.25, 0.3) is 0 Å². The lowest BCUT2D eigenvalue weighted by atomic mass is 10.1. The van der Waals surface area contributed by atoms with Crippen molar-refractivity contribution in [3.8, 4) is 0 Å². The first-order chi connectivity index (χ1) is 5.29. The predicted octanol–water partition coefficient (Wildman–Crippen LogP) is 1.000. The van der Waals surface area contributed by atoms with Gasteiger partial charge in [-0.05, 0) is 17.2 Å². The molecule has 1 aliphatic rings. The summed E-state index contributed by atoms with van der Waals surface area (Å²) in [7, 11) is 0. The van der Waals surface area contributed by atoms with Crippen LogP contribution in [0.4, 0.5) is 0 Å². The molecule has 0 radical (unpaired) electrons. The molecule has 11 heavy (non-hydrogen) atoms. The van der Waals surface area contributed by atoms with Crippen LogP contribution in [0.1, 0.15) is 17.2 Å². The molecular formula is C9H10N2. The Bertz CT molecular complexity index is 315. The maximum atomic E-state index is 5.80. The minimum absolute atomic E-state index is 0.0915. The van der Waals surface area contributed by atoms with Crippen molar-refractivity contribution in [1.29, 1.82) is 0 Å². The standard InChI is InChI=1S/C9H10N2/c10-8-5-6-3-1-2-4-7(6)9(8)11/h1-5,9H,10-11H2. The smallest absolute Gasteiger partial charge is 0.0704 e. The Morgan fingerprint density at radius 2 is 1.91 bits per heavy atom. The van der Waals surface area contributed by atoms with Gasteiger partial charge < -0.3 is 11.5 Å². The second kappa shape index (κ2) is 2.10. The zero-order valence-electron chi connectivity index (χ0n) is 6.12. The monoisotopic (exact) mass is 146 g/mol. The minimum atomic E-state index is -0.0915. The third-order valence-corrected chi connectivity index (χ3v) is 2.01. The zero-order chi connectivity index (χ0) is 7.84. The molecule has 0 fully saturated rings. The molecule has 0 spiro atoms. The van der Waals surface area contributed by atoms with Gasteiger partial charge in [-0.3, -0.25) is 0 Å². The molecule has 1 aliphatic carbocycles. The van der Waals surface area contributed by atoms with Gasteiger partial charge in [0.2, 0.25) is 0 Å². The van der Waals surface area contributed by atoms with Gasteiger partial charge >= 0.3 is 0 Å². The average Bonchev–Trinajstić information content (AvgIpc) is 2.30. The highest BCUT2D eigenvalue weighted by Gasteiger charge is 2.17. The van der Waals surface area contributed by atoms with Crippen LogP contribution in [0.25, 0.3) is 6.08 Å². The Hall–Kier alpha value is -1.28. The molecule has 56 valence electrons. The van der Waals surface area contributed by atoms with E-state index >= 15 is 0 Å². The highest BCUT2D eigenvalue weighted by atomic mass is 14.8. The first kappa shape index (κ1) is 6.43. The molecule has 1 atom stereocenters.